The van der Waals surface area contributed by atoms with Crippen molar-refractivity contribution in [2.24, 2.45) is 25.9 Å². The minimum Gasteiger partial charge on any atom is -0.357 e. The molecular formula is C25H32N6O2S. The number of hydrogen-bond donors (Lipinski definition) is 0. The lowest BCUT2D eigenvalue weighted by Gasteiger charge is -2.35. The van der Waals surface area contributed by atoms with Crippen LogP contribution in [-0.2, 0) is 27.1 Å². The molecule has 34 heavy (non-hydrogen) atoms. The molecule has 3 aromatic rings. The largest absolute Gasteiger partial charge is 0.357 e. The smallest absolute Gasteiger partial charge is 0.269 e. The molecular weight excluding hydrogens is 448 g/mol. The quantitative estimate of drug-likeness (QED) is 0.277. The van der Waals surface area contributed by atoms with Crippen LogP contribution in [0.4, 0.5) is 5.69 Å². The highest BCUT2D eigenvalue weighted by atomic mass is 32.2. The third-order valence-electron chi connectivity index (χ3n) is 7.35. The minimum atomic E-state index is -0.290. The average molecular weight is 481 g/mol. The molecule has 1 aliphatic carbocycles. The number of aromatic nitrogens is 4. The van der Waals surface area contributed by atoms with Crippen LogP contribution in [0, 0.1) is 22.0 Å². The van der Waals surface area contributed by atoms with Crippen molar-refractivity contribution in [2.45, 2.75) is 43.8 Å². The zero-order chi connectivity index (χ0) is 23.7. The Kier molecular flexibility index (Phi) is 6.74. The van der Waals surface area contributed by atoms with E-state index in [9.17, 15) is 10.1 Å². The molecule has 0 radical (unpaired) electrons. The van der Waals surface area contributed by atoms with Gasteiger partial charge in [0.05, 0.1) is 4.92 Å². The maximum atomic E-state index is 11.1. The first-order valence-electron chi connectivity index (χ1n) is 12.1. The fourth-order valence-electron chi connectivity index (χ4n) is 5.34. The van der Waals surface area contributed by atoms with Gasteiger partial charge in [-0.3, -0.25) is 15.0 Å². The number of non-ortho nitro benzene ring substituents is 1. The first-order chi connectivity index (χ1) is 16.5. The zero-order valence-electron chi connectivity index (χ0n) is 19.9. The second-order valence-corrected chi connectivity index (χ2v) is 10.8. The maximum Gasteiger partial charge on any atom is 0.269 e. The monoisotopic (exact) mass is 480 g/mol. The van der Waals surface area contributed by atoms with E-state index < -0.39 is 0 Å². The fourth-order valence-corrected chi connectivity index (χ4v) is 6.43. The molecule has 1 aromatic carbocycles. The molecule has 0 atom stereocenters. The van der Waals surface area contributed by atoms with Gasteiger partial charge in [0, 0.05) is 69.6 Å². The van der Waals surface area contributed by atoms with E-state index in [1.807, 2.05) is 42.7 Å². The molecule has 3 heterocycles. The predicted octanol–water partition coefficient (Wildman–Crippen LogP) is 4.69. The van der Waals surface area contributed by atoms with Gasteiger partial charge < -0.3 is 9.13 Å². The molecule has 1 fully saturated rings. The van der Waals surface area contributed by atoms with E-state index in [0.717, 1.165) is 65.8 Å². The van der Waals surface area contributed by atoms with Gasteiger partial charge >= 0.3 is 0 Å². The number of benzene rings is 1. The topological polar surface area (TPSA) is 82.0 Å². The third kappa shape index (κ3) is 5.05. The second kappa shape index (κ2) is 9.92. The minimum absolute atomic E-state index is 0.206. The zero-order valence-corrected chi connectivity index (χ0v) is 20.7. The van der Waals surface area contributed by atoms with Crippen LogP contribution in [0.1, 0.15) is 36.8 Å². The summed E-state index contributed by atoms with van der Waals surface area (Å²) in [6, 6.07) is 7.41. The molecule has 0 bridgehead atoms. The molecule has 0 amide bonds. The van der Waals surface area contributed by atoms with Crippen LogP contribution in [0.2, 0.25) is 0 Å². The standard InChI is InChI=1S/C25H32N6O2S/c1-28-11-9-21(15-28)24-26-27-25(29(24)2)34-17-19-5-3-18(4-6-19)14-30-12-10-20-7-8-23(31(32)33)13-22(20)16-30/h7-9,11,13,15,18-19H,3-6,10,12,14,16-17H2,1-2H3. The highest BCUT2D eigenvalue weighted by molar-refractivity contribution is 7.99. The maximum absolute atomic E-state index is 11.1. The first-order valence-corrected chi connectivity index (χ1v) is 13.1. The van der Waals surface area contributed by atoms with E-state index in [2.05, 4.69) is 31.9 Å². The summed E-state index contributed by atoms with van der Waals surface area (Å²) in [7, 11) is 4.06. The van der Waals surface area contributed by atoms with Gasteiger partial charge in [0.2, 0.25) is 0 Å². The summed E-state index contributed by atoms with van der Waals surface area (Å²) in [5, 5.41) is 21.0. The molecule has 0 N–H and O–H groups in total. The number of nitro groups is 1. The van der Waals surface area contributed by atoms with Gasteiger partial charge in [-0.1, -0.05) is 17.8 Å². The van der Waals surface area contributed by atoms with Crippen molar-refractivity contribution in [1.29, 1.82) is 0 Å². The fraction of sp³-hybridized carbons (Fsp3) is 0.520. The molecule has 2 aliphatic rings. The summed E-state index contributed by atoms with van der Waals surface area (Å²) in [6.07, 6.45) is 10.1. The first kappa shape index (κ1) is 23.1. The van der Waals surface area contributed by atoms with Gasteiger partial charge in [-0.25, -0.2) is 0 Å². The van der Waals surface area contributed by atoms with Gasteiger partial charge in [-0.05, 0) is 61.1 Å². The lowest BCUT2D eigenvalue weighted by Crippen LogP contribution is -2.36. The van der Waals surface area contributed by atoms with Crippen molar-refractivity contribution in [3.05, 3.63) is 57.9 Å². The summed E-state index contributed by atoms with van der Waals surface area (Å²) >= 11 is 1.83. The highest BCUT2D eigenvalue weighted by Crippen LogP contribution is 2.34. The summed E-state index contributed by atoms with van der Waals surface area (Å²) in [5.74, 6) is 3.46. The van der Waals surface area contributed by atoms with Gasteiger partial charge in [-0.2, -0.15) is 0 Å². The lowest BCUT2D eigenvalue weighted by molar-refractivity contribution is -0.385. The number of fused-ring (bicyclic) bond motifs is 1. The van der Waals surface area contributed by atoms with Gasteiger partial charge in [0.25, 0.3) is 5.69 Å². The molecule has 1 aliphatic heterocycles. The summed E-state index contributed by atoms with van der Waals surface area (Å²) in [6.45, 7) is 2.99. The molecule has 9 heteroatoms. The van der Waals surface area contributed by atoms with E-state index in [1.54, 1.807) is 12.1 Å². The Bertz CT molecular complexity index is 1160. The summed E-state index contributed by atoms with van der Waals surface area (Å²) in [4.78, 5) is 13.3. The molecule has 5 rings (SSSR count). The molecule has 0 unspecified atom stereocenters. The number of thioether (sulfide) groups is 1. The normalized spacial score (nSPS) is 20.9. The number of nitro benzene ring substituents is 1. The Morgan fingerprint density at radius 1 is 1.09 bits per heavy atom. The van der Waals surface area contributed by atoms with E-state index in [1.165, 1.54) is 31.2 Å². The number of nitrogens with zero attached hydrogens (tertiary/aromatic N) is 6. The van der Waals surface area contributed by atoms with E-state index in [-0.39, 0.29) is 10.6 Å². The lowest BCUT2D eigenvalue weighted by atomic mass is 9.82. The summed E-state index contributed by atoms with van der Waals surface area (Å²) < 4.78 is 4.13. The molecule has 2 aromatic heterocycles. The molecule has 8 nitrogen and oxygen atoms in total. The van der Waals surface area contributed by atoms with E-state index in [4.69, 9.17) is 0 Å². The van der Waals surface area contributed by atoms with Crippen molar-refractivity contribution >= 4 is 17.4 Å². The third-order valence-corrected chi connectivity index (χ3v) is 8.60. The number of rotatable bonds is 7. The average Bonchev–Trinajstić information content (AvgIpc) is 3.43. The Hall–Kier alpha value is -2.65. The molecule has 0 saturated heterocycles. The van der Waals surface area contributed by atoms with Gasteiger partial charge in [-0.15, -0.1) is 10.2 Å². The second-order valence-electron chi connectivity index (χ2n) is 9.82. The van der Waals surface area contributed by atoms with E-state index in [0.29, 0.717) is 0 Å². The number of hydrogen-bond acceptors (Lipinski definition) is 6. The Balaban J connectivity index is 1.09. The Morgan fingerprint density at radius 2 is 1.88 bits per heavy atom. The Labute approximate surface area is 204 Å². The molecule has 0 spiro atoms. The van der Waals surface area contributed by atoms with Crippen LogP contribution >= 0.6 is 11.8 Å². The van der Waals surface area contributed by atoms with Gasteiger partial charge in [0.1, 0.15) is 0 Å². The highest BCUT2D eigenvalue weighted by Gasteiger charge is 2.26. The van der Waals surface area contributed by atoms with Crippen LogP contribution in [0.25, 0.3) is 11.4 Å². The Morgan fingerprint density at radius 3 is 2.62 bits per heavy atom. The number of aryl methyl sites for hydroxylation is 1. The van der Waals surface area contributed by atoms with Gasteiger partial charge in [0.15, 0.2) is 11.0 Å². The van der Waals surface area contributed by atoms with Crippen molar-refractivity contribution in [2.75, 3.05) is 18.8 Å². The van der Waals surface area contributed by atoms with Crippen LogP contribution in [-0.4, -0.2) is 48.0 Å². The van der Waals surface area contributed by atoms with E-state index >= 15 is 0 Å². The van der Waals surface area contributed by atoms with Crippen molar-refractivity contribution in [1.82, 2.24) is 24.2 Å². The van der Waals surface area contributed by atoms with Crippen LogP contribution in [0.3, 0.4) is 0 Å². The van der Waals surface area contributed by atoms with Crippen molar-refractivity contribution < 1.29 is 4.92 Å². The summed E-state index contributed by atoms with van der Waals surface area (Å²) in [5.41, 5.74) is 3.70. The predicted molar refractivity (Wildman–Crippen MR) is 134 cm³/mol. The SMILES string of the molecule is Cn1ccc(-c2nnc(SCC3CCC(CN4CCc5ccc([N+](=O)[O-])cc5C4)CC3)n2C)c1. The van der Waals surface area contributed by atoms with Crippen LogP contribution in [0.15, 0.2) is 41.8 Å². The molecule has 1 saturated carbocycles. The van der Waals surface area contributed by atoms with Crippen molar-refractivity contribution in [3.8, 4) is 11.4 Å². The van der Waals surface area contributed by atoms with Crippen molar-refractivity contribution in [3.63, 3.8) is 0 Å². The van der Waals surface area contributed by atoms with Crippen LogP contribution < -0.4 is 0 Å². The van der Waals surface area contributed by atoms with Crippen LogP contribution in [0.5, 0.6) is 0 Å². The molecule has 180 valence electrons.